The largest absolute Gasteiger partial charge is 0.462 e. The normalized spacial score (nSPS) is 10.6. The van der Waals surface area contributed by atoms with E-state index in [0.717, 1.165) is 0 Å². The van der Waals surface area contributed by atoms with Gasteiger partial charge in [0.15, 0.2) is 0 Å². The van der Waals surface area contributed by atoms with Crippen molar-refractivity contribution in [2.24, 2.45) is 7.05 Å². The van der Waals surface area contributed by atoms with Gasteiger partial charge in [-0.15, -0.1) is 0 Å². The minimum absolute atomic E-state index is 0.0822. The quantitative estimate of drug-likeness (QED) is 0.792. The monoisotopic (exact) mass is 356 g/mol. The van der Waals surface area contributed by atoms with Gasteiger partial charge in [0, 0.05) is 13.2 Å². The van der Waals surface area contributed by atoms with Crippen molar-refractivity contribution < 1.29 is 9.53 Å². The summed E-state index contributed by atoms with van der Waals surface area (Å²) in [7, 11) is 1.66. The molecule has 0 radical (unpaired) electrons. The number of halogens is 1. The zero-order chi connectivity index (χ0) is 15.6. The lowest BCUT2D eigenvalue weighted by molar-refractivity contribution is 0.0524. The van der Waals surface area contributed by atoms with Gasteiger partial charge in [0.05, 0.1) is 29.5 Å². The topological polar surface area (TPSA) is 99.0 Å². The lowest BCUT2D eigenvalue weighted by Crippen LogP contribution is -2.31. The Kier molecular flexibility index (Phi) is 4.41. The lowest BCUT2D eigenvalue weighted by Gasteiger charge is -2.08. The van der Waals surface area contributed by atoms with Gasteiger partial charge in [-0.3, -0.25) is 19.0 Å². The molecule has 0 spiro atoms. The summed E-state index contributed by atoms with van der Waals surface area (Å²) in [4.78, 5) is 37.1. The predicted molar refractivity (Wildman–Crippen MR) is 77.3 cm³/mol. The first-order valence-corrected chi connectivity index (χ1v) is 6.90. The Balaban J connectivity index is 2.43. The molecule has 8 nitrogen and oxygen atoms in total. The fourth-order valence-corrected chi connectivity index (χ4v) is 2.14. The Bertz CT molecular complexity index is 789. The fourth-order valence-electron chi connectivity index (χ4n) is 1.79. The van der Waals surface area contributed by atoms with E-state index in [4.69, 9.17) is 4.74 Å². The van der Waals surface area contributed by atoms with Gasteiger partial charge in [0.1, 0.15) is 5.56 Å². The molecule has 0 aliphatic rings. The third-order valence-corrected chi connectivity index (χ3v) is 3.41. The number of carbonyl (C=O) groups is 1. The van der Waals surface area contributed by atoms with Crippen LogP contribution in [0.5, 0.6) is 0 Å². The smallest absolute Gasteiger partial charge is 0.341 e. The van der Waals surface area contributed by atoms with Crippen molar-refractivity contribution in [3.63, 3.8) is 0 Å². The number of hydrogen-bond acceptors (Lipinski definition) is 5. The molecule has 0 unspecified atom stereocenters. The Morgan fingerprint density at radius 1 is 1.48 bits per heavy atom. The Morgan fingerprint density at radius 2 is 2.19 bits per heavy atom. The van der Waals surface area contributed by atoms with E-state index in [1.54, 1.807) is 14.0 Å². The van der Waals surface area contributed by atoms with E-state index in [0.29, 0.717) is 5.69 Å². The van der Waals surface area contributed by atoms with Crippen LogP contribution in [0.4, 0.5) is 0 Å². The molecular weight excluding hydrogens is 344 g/mol. The van der Waals surface area contributed by atoms with E-state index in [1.165, 1.54) is 21.6 Å². The summed E-state index contributed by atoms with van der Waals surface area (Å²) < 4.78 is 7.92. The summed E-state index contributed by atoms with van der Waals surface area (Å²) in [5, 5.41) is 4.00. The van der Waals surface area contributed by atoms with Crippen LogP contribution in [0.15, 0.2) is 26.5 Å². The molecule has 21 heavy (non-hydrogen) atoms. The van der Waals surface area contributed by atoms with Gasteiger partial charge >= 0.3 is 11.7 Å². The van der Waals surface area contributed by atoms with Gasteiger partial charge < -0.3 is 4.74 Å². The van der Waals surface area contributed by atoms with Gasteiger partial charge in [-0.2, -0.15) is 5.10 Å². The number of nitrogens with one attached hydrogen (secondary N) is 1. The number of rotatable bonds is 4. The molecule has 0 bridgehead atoms. The van der Waals surface area contributed by atoms with E-state index in [1.807, 2.05) is 0 Å². The van der Waals surface area contributed by atoms with Crippen LogP contribution < -0.4 is 11.2 Å². The third-order valence-electron chi connectivity index (χ3n) is 2.84. The van der Waals surface area contributed by atoms with Gasteiger partial charge in [-0.25, -0.2) is 9.59 Å². The van der Waals surface area contributed by atoms with E-state index >= 15 is 0 Å². The molecular formula is C12H13BrN4O4. The van der Waals surface area contributed by atoms with Gasteiger partial charge in [0.25, 0.3) is 5.56 Å². The van der Waals surface area contributed by atoms with Crippen molar-refractivity contribution in [2.45, 2.75) is 13.5 Å². The maximum atomic E-state index is 11.8. The van der Waals surface area contributed by atoms with E-state index < -0.39 is 17.2 Å². The van der Waals surface area contributed by atoms with Gasteiger partial charge in [-0.1, -0.05) is 0 Å². The molecule has 0 fully saturated rings. The molecule has 0 aliphatic carbocycles. The Morgan fingerprint density at radius 3 is 2.86 bits per heavy atom. The first-order chi connectivity index (χ1) is 9.93. The van der Waals surface area contributed by atoms with Crippen molar-refractivity contribution in [1.29, 1.82) is 0 Å². The lowest BCUT2D eigenvalue weighted by atomic mass is 10.2. The molecule has 0 aromatic carbocycles. The van der Waals surface area contributed by atoms with Crippen LogP contribution in [0.2, 0.25) is 0 Å². The molecule has 2 aromatic rings. The number of aryl methyl sites for hydroxylation is 1. The van der Waals surface area contributed by atoms with Crippen LogP contribution in [-0.2, 0) is 18.3 Å². The molecule has 0 saturated heterocycles. The van der Waals surface area contributed by atoms with Crippen molar-refractivity contribution in [2.75, 3.05) is 6.61 Å². The number of ether oxygens (including phenoxy) is 1. The van der Waals surface area contributed by atoms with E-state index in [9.17, 15) is 14.4 Å². The number of carbonyl (C=O) groups excluding carboxylic acids is 1. The number of nitrogens with zero attached hydrogens (tertiary/aromatic N) is 3. The van der Waals surface area contributed by atoms with Crippen molar-refractivity contribution >= 4 is 21.9 Å². The summed E-state index contributed by atoms with van der Waals surface area (Å²) in [5.41, 5.74) is -0.283. The summed E-state index contributed by atoms with van der Waals surface area (Å²) >= 11 is 3.06. The SMILES string of the molecule is CCOC(=O)c1cnn(C)c1Cn1cc(Br)c(=O)[nH]c1=O. The molecule has 0 aliphatic heterocycles. The minimum atomic E-state index is -0.570. The third kappa shape index (κ3) is 3.13. The van der Waals surface area contributed by atoms with Crippen molar-refractivity contribution in [3.05, 3.63) is 49.0 Å². The molecule has 2 rings (SSSR count). The molecule has 1 N–H and O–H groups in total. The maximum Gasteiger partial charge on any atom is 0.341 e. The van der Waals surface area contributed by atoms with Crippen LogP contribution in [0, 0.1) is 0 Å². The second-order valence-electron chi connectivity index (χ2n) is 4.21. The number of hydrogen-bond donors (Lipinski definition) is 1. The first-order valence-electron chi connectivity index (χ1n) is 6.11. The maximum absolute atomic E-state index is 11.8. The van der Waals surface area contributed by atoms with E-state index in [2.05, 4.69) is 26.0 Å². The highest BCUT2D eigenvalue weighted by Gasteiger charge is 2.18. The highest BCUT2D eigenvalue weighted by molar-refractivity contribution is 9.10. The Hall–Kier alpha value is -2.16. The molecule has 0 amide bonds. The van der Waals surface area contributed by atoms with Crippen LogP contribution in [0.25, 0.3) is 0 Å². The molecule has 112 valence electrons. The molecule has 2 heterocycles. The summed E-state index contributed by atoms with van der Waals surface area (Å²) in [5.74, 6) is -0.503. The highest BCUT2D eigenvalue weighted by atomic mass is 79.9. The standard InChI is InChI=1S/C12H13BrN4O4/c1-3-21-11(19)7-4-14-16(2)9(7)6-17-5-8(13)10(18)15-12(17)20/h4-5H,3,6H2,1-2H3,(H,15,18,20). The first kappa shape index (κ1) is 15.2. The van der Waals surface area contributed by atoms with Crippen LogP contribution in [0.1, 0.15) is 23.0 Å². The second kappa shape index (κ2) is 6.08. The van der Waals surface area contributed by atoms with Crippen molar-refractivity contribution in [3.8, 4) is 0 Å². The Labute approximate surface area is 127 Å². The zero-order valence-corrected chi connectivity index (χ0v) is 13.0. The fraction of sp³-hybridized carbons (Fsp3) is 0.333. The molecule has 0 saturated carbocycles. The minimum Gasteiger partial charge on any atom is -0.462 e. The van der Waals surface area contributed by atoms with Crippen LogP contribution in [-0.4, -0.2) is 31.9 Å². The summed E-state index contributed by atoms with van der Waals surface area (Å²) in [6.45, 7) is 2.04. The number of aromatic nitrogens is 4. The summed E-state index contributed by atoms with van der Waals surface area (Å²) in [6.07, 6.45) is 2.75. The number of esters is 1. The average Bonchev–Trinajstić information content (AvgIpc) is 2.78. The van der Waals surface area contributed by atoms with Gasteiger partial charge in [-0.05, 0) is 22.9 Å². The number of aromatic amines is 1. The number of H-pyrrole nitrogens is 1. The molecule has 0 atom stereocenters. The second-order valence-corrected chi connectivity index (χ2v) is 5.07. The van der Waals surface area contributed by atoms with Gasteiger partial charge in [0.2, 0.25) is 0 Å². The van der Waals surface area contributed by atoms with Crippen molar-refractivity contribution in [1.82, 2.24) is 19.3 Å². The van der Waals surface area contributed by atoms with Crippen LogP contribution >= 0.6 is 15.9 Å². The molecule has 2 aromatic heterocycles. The highest BCUT2D eigenvalue weighted by Crippen LogP contribution is 2.11. The molecule has 9 heteroatoms. The summed E-state index contributed by atoms with van der Waals surface area (Å²) in [6, 6.07) is 0. The zero-order valence-electron chi connectivity index (χ0n) is 11.4. The van der Waals surface area contributed by atoms with Crippen LogP contribution in [0.3, 0.4) is 0 Å². The predicted octanol–water partition coefficient (Wildman–Crippen LogP) is 0.258. The van der Waals surface area contributed by atoms with E-state index in [-0.39, 0.29) is 23.2 Å². The average molecular weight is 357 g/mol.